The summed E-state index contributed by atoms with van der Waals surface area (Å²) in [6.07, 6.45) is -1.15. The van der Waals surface area contributed by atoms with Crippen LogP contribution in [-0.4, -0.2) is 35.6 Å². The number of nitrogens with zero attached hydrogens (tertiary/aromatic N) is 2. The molecule has 2 heterocycles. The molecule has 0 spiro atoms. The first kappa shape index (κ1) is 25.5. The van der Waals surface area contributed by atoms with Crippen LogP contribution in [0.5, 0.6) is 5.75 Å². The fourth-order valence-corrected chi connectivity index (χ4v) is 3.96. The number of rotatable bonds is 6. The quantitative estimate of drug-likeness (QED) is 0.322. The molecule has 0 bridgehead atoms. The van der Waals surface area contributed by atoms with Gasteiger partial charge >= 0.3 is 12.2 Å². The highest BCUT2D eigenvalue weighted by molar-refractivity contribution is 6.07. The number of methoxy groups -OCH3 is 1. The highest BCUT2D eigenvalue weighted by Gasteiger charge is 2.31. The number of amides is 3. The fraction of sp³-hybridized carbons (Fsp3) is 0.192. The molecule has 0 fully saturated rings. The van der Waals surface area contributed by atoms with Crippen LogP contribution < -0.4 is 20.7 Å². The van der Waals surface area contributed by atoms with Crippen molar-refractivity contribution in [1.29, 1.82) is 0 Å². The van der Waals surface area contributed by atoms with Gasteiger partial charge in [-0.05, 0) is 60.5 Å². The Hall–Kier alpha value is -4.54. The Kier molecular flexibility index (Phi) is 7.05. The van der Waals surface area contributed by atoms with Crippen LogP contribution in [0.15, 0.2) is 60.9 Å². The van der Waals surface area contributed by atoms with E-state index in [4.69, 9.17) is 4.74 Å². The molecule has 11 heteroatoms. The molecule has 3 amide bonds. The Bertz CT molecular complexity index is 1480. The predicted molar refractivity (Wildman–Crippen MR) is 134 cm³/mol. The summed E-state index contributed by atoms with van der Waals surface area (Å²) in [6, 6.07) is 11.2. The summed E-state index contributed by atoms with van der Waals surface area (Å²) in [5.41, 5.74) is 2.24. The molecule has 0 saturated carbocycles. The van der Waals surface area contributed by atoms with Crippen molar-refractivity contribution >= 4 is 34.2 Å². The van der Waals surface area contributed by atoms with Gasteiger partial charge in [-0.3, -0.25) is 9.78 Å². The smallest absolute Gasteiger partial charge is 0.416 e. The molecule has 2 aromatic heterocycles. The van der Waals surface area contributed by atoms with Crippen molar-refractivity contribution in [1.82, 2.24) is 14.9 Å². The lowest BCUT2D eigenvalue weighted by Crippen LogP contribution is -2.21. The summed E-state index contributed by atoms with van der Waals surface area (Å²) < 4.78 is 46.5. The minimum absolute atomic E-state index is 0.0951. The van der Waals surface area contributed by atoms with Gasteiger partial charge in [0.05, 0.1) is 29.6 Å². The number of carbonyl (C=O) groups is 2. The maximum absolute atomic E-state index is 13.2. The highest BCUT2D eigenvalue weighted by Crippen LogP contribution is 2.35. The van der Waals surface area contributed by atoms with Crippen molar-refractivity contribution in [3.05, 3.63) is 83.3 Å². The number of urea groups is 1. The largest absolute Gasteiger partial charge is 0.495 e. The van der Waals surface area contributed by atoms with E-state index in [0.29, 0.717) is 17.9 Å². The van der Waals surface area contributed by atoms with Gasteiger partial charge in [-0.15, -0.1) is 0 Å². The molecule has 3 N–H and O–H groups in total. The van der Waals surface area contributed by atoms with Crippen molar-refractivity contribution in [2.24, 2.45) is 0 Å². The van der Waals surface area contributed by atoms with E-state index in [-0.39, 0.29) is 17.3 Å². The average Bonchev–Trinajstić information content (AvgIpc) is 3.27. The molecule has 192 valence electrons. The van der Waals surface area contributed by atoms with Gasteiger partial charge < -0.3 is 25.3 Å². The van der Waals surface area contributed by atoms with E-state index in [1.807, 2.05) is 42.0 Å². The van der Waals surface area contributed by atoms with Crippen molar-refractivity contribution < 1.29 is 27.5 Å². The van der Waals surface area contributed by atoms with Gasteiger partial charge in [0.1, 0.15) is 11.4 Å². The number of nitrogens with one attached hydrogen (secondary N) is 3. The lowest BCUT2D eigenvalue weighted by molar-refractivity contribution is -0.137. The predicted octanol–water partition coefficient (Wildman–Crippen LogP) is 5.42. The molecule has 0 saturated heterocycles. The number of halogens is 3. The number of hydrogen-bond donors (Lipinski definition) is 3. The molecule has 0 aliphatic rings. The summed E-state index contributed by atoms with van der Waals surface area (Å²) in [4.78, 5) is 28.8. The molecule has 2 aromatic carbocycles. The monoisotopic (exact) mass is 511 g/mol. The summed E-state index contributed by atoms with van der Waals surface area (Å²) in [5.74, 6) is -0.192. The van der Waals surface area contributed by atoms with Gasteiger partial charge in [0.25, 0.3) is 5.91 Å². The molecule has 0 unspecified atom stereocenters. The Morgan fingerprint density at radius 2 is 1.84 bits per heavy atom. The number of benzene rings is 2. The number of carbonyl (C=O) groups excluding carboxylic acids is 2. The SMILES string of the molecule is CNC(=O)c1cc(Cn2ccc3c(NC(=O)Nc4cc(C(F)(F)F)ccc4OC)c(C)ccc32)ccn1. The summed E-state index contributed by atoms with van der Waals surface area (Å²) in [5, 5.41) is 8.50. The molecule has 0 radical (unpaired) electrons. The van der Waals surface area contributed by atoms with Crippen molar-refractivity contribution in [3.8, 4) is 5.75 Å². The first-order chi connectivity index (χ1) is 17.6. The number of pyridine rings is 1. The number of anilines is 2. The molecule has 0 aliphatic heterocycles. The van der Waals surface area contributed by atoms with Crippen molar-refractivity contribution in [2.75, 3.05) is 24.8 Å². The number of ether oxygens (including phenoxy) is 1. The first-order valence-electron chi connectivity index (χ1n) is 11.2. The molecule has 8 nitrogen and oxygen atoms in total. The summed E-state index contributed by atoms with van der Waals surface area (Å²) >= 11 is 0. The van der Waals surface area contributed by atoms with Crippen LogP contribution >= 0.6 is 0 Å². The van der Waals surface area contributed by atoms with Crippen molar-refractivity contribution in [2.45, 2.75) is 19.6 Å². The minimum atomic E-state index is -4.57. The van der Waals surface area contributed by atoms with Gasteiger partial charge in [-0.1, -0.05) is 6.07 Å². The maximum Gasteiger partial charge on any atom is 0.416 e. The Morgan fingerprint density at radius 1 is 1.05 bits per heavy atom. The third-order valence-electron chi connectivity index (χ3n) is 5.81. The molecule has 37 heavy (non-hydrogen) atoms. The fourth-order valence-electron chi connectivity index (χ4n) is 3.96. The number of aryl methyl sites for hydroxylation is 1. The van der Waals surface area contributed by atoms with E-state index in [2.05, 4.69) is 20.9 Å². The number of fused-ring (bicyclic) bond motifs is 1. The number of hydrogen-bond acceptors (Lipinski definition) is 4. The number of aromatic nitrogens is 2. The van der Waals surface area contributed by atoms with E-state index < -0.39 is 17.8 Å². The lowest BCUT2D eigenvalue weighted by Gasteiger charge is -2.15. The maximum atomic E-state index is 13.2. The van der Waals surface area contributed by atoms with E-state index in [1.54, 1.807) is 12.3 Å². The number of alkyl halides is 3. The second kappa shape index (κ2) is 10.2. The van der Waals surface area contributed by atoms with Crippen LogP contribution in [0.4, 0.5) is 29.3 Å². The van der Waals surface area contributed by atoms with Crippen LogP contribution in [0, 0.1) is 6.92 Å². The topological polar surface area (TPSA) is 97.3 Å². The average molecular weight is 512 g/mol. The van der Waals surface area contributed by atoms with Crippen LogP contribution in [0.2, 0.25) is 0 Å². The first-order valence-corrected chi connectivity index (χ1v) is 11.2. The van der Waals surface area contributed by atoms with Gasteiger partial charge in [-0.25, -0.2) is 4.79 Å². The molecular weight excluding hydrogens is 487 g/mol. The van der Waals surface area contributed by atoms with Crippen molar-refractivity contribution in [3.63, 3.8) is 0 Å². The Balaban J connectivity index is 1.60. The molecule has 4 aromatic rings. The Labute approximate surface area is 210 Å². The zero-order valence-corrected chi connectivity index (χ0v) is 20.2. The molecular formula is C26H24F3N5O3. The van der Waals surface area contributed by atoms with E-state index in [0.717, 1.165) is 40.2 Å². The van der Waals surface area contributed by atoms with E-state index >= 15 is 0 Å². The van der Waals surface area contributed by atoms with E-state index in [9.17, 15) is 22.8 Å². The second-order valence-corrected chi connectivity index (χ2v) is 8.25. The zero-order valence-electron chi connectivity index (χ0n) is 20.2. The standard InChI is InChI=1S/C26H24F3N5O3/c1-15-4-6-21-18(9-11-34(21)14-16-8-10-31-20(12-16)24(35)30-2)23(15)33-25(36)32-19-13-17(26(27,28)29)5-7-22(19)37-3/h4-13H,14H2,1-3H3,(H,30,35)(H2,32,33,36). The van der Waals surface area contributed by atoms with Crippen LogP contribution in [0.25, 0.3) is 10.9 Å². The summed E-state index contributed by atoms with van der Waals surface area (Å²) in [6.45, 7) is 2.27. The van der Waals surface area contributed by atoms with Gasteiger partial charge in [0.15, 0.2) is 0 Å². The second-order valence-electron chi connectivity index (χ2n) is 8.25. The lowest BCUT2D eigenvalue weighted by atomic mass is 10.1. The Morgan fingerprint density at radius 3 is 2.54 bits per heavy atom. The van der Waals surface area contributed by atoms with Crippen LogP contribution in [0.1, 0.15) is 27.2 Å². The van der Waals surface area contributed by atoms with E-state index in [1.165, 1.54) is 14.2 Å². The third kappa shape index (κ3) is 5.50. The van der Waals surface area contributed by atoms with Crippen LogP contribution in [-0.2, 0) is 12.7 Å². The minimum Gasteiger partial charge on any atom is -0.495 e. The zero-order chi connectivity index (χ0) is 26.7. The molecule has 0 aliphatic carbocycles. The molecule has 4 rings (SSSR count). The normalized spacial score (nSPS) is 11.3. The highest BCUT2D eigenvalue weighted by atomic mass is 19.4. The third-order valence-corrected chi connectivity index (χ3v) is 5.81. The summed E-state index contributed by atoms with van der Waals surface area (Å²) in [7, 11) is 2.84. The molecule has 0 atom stereocenters. The van der Waals surface area contributed by atoms with Gasteiger partial charge in [0.2, 0.25) is 0 Å². The van der Waals surface area contributed by atoms with Gasteiger partial charge in [0, 0.05) is 31.4 Å². The van der Waals surface area contributed by atoms with Crippen LogP contribution in [0.3, 0.4) is 0 Å². The van der Waals surface area contributed by atoms with Gasteiger partial charge in [-0.2, -0.15) is 13.2 Å².